The third-order valence-corrected chi connectivity index (χ3v) is 16.5. The highest BCUT2D eigenvalue weighted by Gasteiger charge is 2.39. The zero-order valence-corrected chi connectivity index (χ0v) is 58.4. The molecule has 7 rings (SSSR count). The monoisotopic (exact) mass is 1440 g/mol. The van der Waals surface area contributed by atoms with Crippen LogP contribution in [0.25, 0.3) is 22.3 Å². The summed E-state index contributed by atoms with van der Waals surface area (Å²) in [6.07, 6.45) is 0.360. The summed E-state index contributed by atoms with van der Waals surface area (Å²) in [6.45, 7) is 13.4. The van der Waals surface area contributed by atoms with Gasteiger partial charge in [-0.3, -0.25) is 43.3 Å². The van der Waals surface area contributed by atoms with Gasteiger partial charge < -0.3 is 107 Å². The number of cyclic esters (lactones) is 1. The number of halogens is 1. The van der Waals surface area contributed by atoms with Gasteiger partial charge in [0.05, 0.1) is 200 Å². The number of imide groups is 1. The van der Waals surface area contributed by atoms with E-state index in [4.69, 9.17) is 76.0 Å². The number of aliphatic hydroxyl groups is 1. The van der Waals surface area contributed by atoms with Crippen molar-refractivity contribution >= 4 is 58.2 Å². The van der Waals surface area contributed by atoms with Crippen LogP contribution in [0.4, 0.5) is 4.39 Å². The topological polar surface area (TPSA) is 394 Å². The van der Waals surface area contributed by atoms with Gasteiger partial charge in [0.25, 0.3) is 17.4 Å². The Bertz CT molecular complexity index is 3320. The van der Waals surface area contributed by atoms with Gasteiger partial charge in [-0.15, -0.1) is 0 Å². The predicted octanol–water partition coefficient (Wildman–Crippen LogP) is -0.408. The number of aromatic nitrogens is 2. The van der Waals surface area contributed by atoms with Crippen molar-refractivity contribution < 1.29 is 119 Å². The van der Waals surface area contributed by atoms with Gasteiger partial charge >= 0.3 is 5.97 Å². The number of methoxy groups -OCH3 is 1. The summed E-state index contributed by atoms with van der Waals surface area (Å²) in [5.74, 6) is -4.50. The first-order valence-electron chi connectivity index (χ1n) is 34.3. The van der Waals surface area contributed by atoms with E-state index in [9.17, 15) is 48.3 Å². The summed E-state index contributed by atoms with van der Waals surface area (Å²) in [5, 5.41) is 24.9. The number of esters is 1. The molecule has 5 heterocycles. The van der Waals surface area contributed by atoms with Gasteiger partial charge in [-0.25, -0.2) is 14.2 Å². The maximum absolute atomic E-state index is 15.4. The standard InChI is InChI=1S/C68H97FN8O25/c1-44-47-5-6-52(61-49-41-77-54(62(49)74-53(60(47)61)40-51(44)69)39-48-50(67(77)86)42-102-68(87)63(48)88-4)75-66(85)55(78)10-14-101-43-71-64(83)45(2)73-65(84)46(3)72-57(80)11-15-89-17-19-91-21-23-93-25-27-95-29-31-97-33-35-99-37-38-100-36-34-98-32-30-96-28-26-94-24-22-92-20-18-90-16-12-70-56(79)9-13-76-58(81)7-8-59(76)82/h7-8,39-40,45-46,52,55,63,78H,5-6,9-38,41-43H2,1-4H3,(H,70,79)(H,71,83)(H,72,80)(H,73,84)(H,75,85)/t45-,46-,52?,55+,63-/m0/s1. The smallest absolute Gasteiger partial charge is 0.340 e. The first kappa shape index (κ1) is 81.9. The Kier molecular flexibility index (Phi) is 36.1. The molecule has 0 saturated heterocycles. The van der Waals surface area contributed by atoms with Crippen LogP contribution >= 0.6 is 0 Å². The molecule has 1 aliphatic carbocycles. The maximum atomic E-state index is 15.4. The number of pyridine rings is 2. The first-order valence-corrected chi connectivity index (χ1v) is 34.3. The number of fused-ring (bicyclic) bond motifs is 5. The highest BCUT2D eigenvalue weighted by molar-refractivity contribution is 6.13. The minimum absolute atomic E-state index is 0.0178. The normalized spacial score (nSPS) is 16.0. The summed E-state index contributed by atoms with van der Waals surface area (Å²) in [7, 11) is 1.34. The summed E-state index contributed by atoms with van der Waals surface area (Å²) in [6, 6.07) is 0.379. The van der Waals surface area contributed by atoms with Crippen molar-refractivity contribution in [1.29, 1.82) is 0 Å². The number of carbonyl (C=O) groups excluding carboxylic acids is 8. The van der Waals surface area contributed by atoms with E-state index in [-0.39, 0.29) is 89.1 Å². The zero-order valence-electron chi connectivity index (χ0n) is 58.4. The van der Waals surface area contributed by atoms with E-state index in [2.05, 4.69) is 26.6 Å². The van der Waals surface area contributed by atoms with Crippen molar-refractivity contribution in [2.45, 2.75) is 96.4 Å². The number of hydrogen-bond acceptors (Lipinski definition) is 26. The fourth-order valence-electron chi connectivity index (χ4n) is 11.1. The average molecular weight is 1450 g/mol. The molecule has 2 aromatic heterocycles. The molecule has 6 N–H and O–H groups in total. The molecule has 3 aliphatic heterocycles. The Morgan fingerprint density at radius 3 is 1.65 bits per heavy atom. The van der Waals surface area contributed by atoms with Crippen LogP contribution in [0.3, 0.4) is 0 Å². The molecule has 34 heteroatoms. The summed E-state index contributed by atoms with van der Waals surface area (Å²) >= 11 is 0. The summed E-state index contributed by atoms with van der Waals surface area (Å²) in [4.78, 5) is 119. The Morgan fingerprint density at radius 2 is 1.12 bits per heavy atom. The lowest BCUT2D eigenvalue weighted by Gasteiger charge is -2.30. The van der Waals surface area contributed by atoms with Gasteiger partial charge in [-0.05, 0) is 56.4 Å². The Hall–Kier alpha value is -7.39. The molecule has 1 aromatic carbocycles. The highest BCUT2D eigenvalue weighted by Crippen LogP contribution is 2.45. The van der Waals surface area contributed by atoms with E-state index in [1.165, 1.54) is 43.7 Å². The second-order valence-corrected chi connectivity index (χ2v) is 23.7. The van der Waals surface area contributed by atoms with Crippen LogP contribution in [0.2, 0.25) is 0 Å². The largest absolute Gasteiger partial charge is 0.458 e. The Balaban J connectivity index is 0.588. The van der Waals surface area contributed by atoms with Crippen LogP contribution in [-0.4, -0.2) is 277 Å². The Labute approximate surface area is 589 Å². The second kappa shape index (κ2) is 45.0. The number of aliphatic hydroxyl groups excluding tert-OH is 1. The predicted molar refractivity (Wildman–Crippen MR) is 357 cm³/mol. The fraction of sp³-hybridized carbons (Fsp3) is 0.647. The third kappa shape index (κ3) is 26.1. The average Bonchev–Trinajstić information content (AvgIpc) is 1.50. The van der Waals surface area contributed by atoms with E-state index in [1.807, 2.05) is 0 Å². The van der Waals surface area contributed by atoms with Gasteiger partial charge in [-0.2, -0.15) is 0 Å². The van der Waals surface area contributed by atoms with E-state index in [0.29, 0.717) is 203 Å². The SMILES string of the molecule is CO[C@@H]1C(=O)OCc2c1cc1n(c2=O)Cc2c-1nc1cc(F)c(C)c3c1c2C(NC(=O)[C@H](O)CCOCNC(=O)[C@H](C)NC(=O)[C@H](C)NC(=O)CCOCCOCCOCCOCCOCCOCCOCCOCCOCCOCCOCCOCCNC(=O)CCN1C(=O)C=CC1=O)CC3. The maximum Gasteiger partial charge on any atom is 0.340 e. The van der Waals surface area contributed by atoms with Crippen molar-refractivity contribution in [3.63, 3.8) is 0 Å². The number of benzene rings is 1. The molecule has 1 unspecified atom stereocenters. The minimum Gasteiger partial charge on any atom is -0.458 e. The molecule has 566 valence electrons. The molecular weight excluding hydrogens is 1350 g/mol. The van der Waals surface area contributed by atoms with Gasteiger partial charge in [0.2, 0.25) is 29.5 Å². The fourth-order valence-corrected chi connectivity index (χ4v) is 11.1. The van der Waals surface area contributed by atoms with Crippen LogP contribution in [0.5, 0.6) is 0 Å². The van der Waals surface area contributed by atoms with E-state index in [1.54, 1.807) is 13.0 Å². The molecule has 5 atom stereocenters. The number of aryl methyl sites for hydroxylation is 1. The molecule has 0 radical (unpaired) electrons. The molecule has 33 nitrogen and oxygen atoms in total. The molecule has 0 saturated carbocycles. The van der Waals surface area contributed by atoms with Gasteiger partial charge in [0, 0.05) is 74.2 Å². The van der Waals surface area contributed by atoms with Crippen molar-refractivity contribution in [1.82, 2.24) is 41.0 Å². The number of nitrogens with one attached hydrogen (secondary N) is 5. The van der Waals surface area contributed by atoms with Crippen LogP contribution in [0.1, 0.15) is 85.1 Å². The van der Waals surface area contributed by atoms with Crippen molar-refractivity contribution in [3.8, 4) is 11.4 Å². The Morgan fingerprint density at radius 1 is 0.608 bits per heavy atom. The molecule has 0 bridgehead atoms. The zero-order chi connectivity index (χ0) is 73.0. The van der Waals surface area contributed by atoms with E-state index < -0.39 is 77.6 Å². The van der Waals surface area contributed by atoms with E-state index >= 15 is 4.39 Å². The summed E-state index contributed by atoms with van der Waals surface area (Å²) in [5.41, 5.74) is 3.88. The molecule has 0 spiro atoms. The van der Waals surface area contributed by atoms with Crippen LogP contribution in [-0.2, 0) is 129 Å². The van der Waals surface area contributed by atoms with Gasteiger partial charge in [0.15, 0.2) is 6.10 Å². The lowest BCUT2D eigenvalue weighted by molar-refractivity contribution is -0.159. The number of nitrogens with zero attached hydrogens (tertiary/aromatic N) is 3. The lowest BCUT2D eigenvalue weighted by atomic mass is 9.81. The van der Waals surface area contributed by atoms with Crippen LogP contribution < -0.4 is 32.1 Å². The second-order valence-electron chi connectivity index (χ2n) is 23.7. The molecular formula is C68H97FN8O25. The molecule has 7 amide bonds. The number of carbonyl (C=O) groups is 8. The highest BCUT2D eigenvalue weighted by atomic mass is 19.1. The molecule has 0 fully saturated rings. The first-order chi connectivity index (χ1) is 49.5. The third-order valence-electron chi connectivity index (χ3n) is 16.5. The number of amides is 7. The molecule has 4 aliphatic rings. The van der Waals surface area contributed by atoms with E-state index in [0.717, 1.165) is 10.5 Å². The van der Waals surface area contributed by atoms with Crippen molar-refractivity contribution in [2.24, 2.45) is 0 Å². The molecule has 3 aromatic rings. The van der Waals surface area contributed by atoms with Gasteiger partial charge in [-0.1, -0.05) is 0 Å². The van der Waals surface area contributed by atoms with Crippen molar-refractivity contribution in [2.75, 3.05) is 192 Å². The van der Waals surface area contributed by atoms with Crippen molar-refractivity contribution in [3.05, 3.63) is 73.8 Å². The van der Waals surface area contributed by atoms with Crippen LogP contribution in [0.15, 0.2) is 29.1 Å². The lowest BCUT2D eigenvalue weighted by Crippen LogP contribution is -2.52. The quantitative estimate of drug-likeness (QED) is 0.0142. The minimum atomic E-state index is -1.52. The van der Waals surface area contributed by atoms with Crippen LogP contribution in [0, 0.1) is 12.7 Å². The summed E-state index contributed by atoms with van der Waals surface area (Å²) < 4.78 is 98.9. The number of ether oxygens (including phenoxy) is 15. The number of rotatable bonds is 54. The number of hydrogen-bond donors (Lipinski definition) is 6. The van der Waals surface area contributed by atoms with Gasteiger partial charge in [0.1, 0.15) is 37.3 Å². The molecule has 102 heavy (non-hydrogen) atoms.